The standard InChI is InChI=1S/C13H21NO2S/c1-11(12-7-4-3-5-8-12)13(14)9-6-10-17(2,15)16/h3-5,7-8,11,13H,6,9-10,14H2,1-2H3. The van der Waals surface area contributed by atoms with Crippen molar-refractivity contribution in [3.63, 3.8) is 0 Å². The minimum absolute atomic E-state index is 0.0131. The van der Waals surface area contributed by atoms with Crippen molar-refractivity contribution in [2.45, 2.75) is 31.7 Å². The fourth-order valence-corrected chi connectivity index (χ4v) is 2.53. The summed E-state index contributed by atoms with van der Waals surface area (Å²) in [5.41, 5.74) is 7.29. The number of hydrogen-bond donors (Lipinski definition) is 1. The molecule has 96 valence electrons. The first kappa shape index (κ1) is 14.2. The lowest BCUT2D eigenvalue weighted by Gasteiger charge is -2.20. The molecule has 0 spiro atoms. The van der Waals surface area contributed by atoms with Crippen molar-refractivity contribution < 1.29 is 8.42 Å². The molecule has 0 bridgehead atoms. The van der Waals surface area contributed by atoms with E-state index < -0.39 is 9.84 Å². The molecule has 17 heavy (non-hydrogen) atoms. The van der Waals surface area contributed by atoms with E-state index in [1.54, 1.807) is 0 Å². The predicted octanol–water partition coefficient (Wildman–Crippen LogP) is 1.94. The summed E-state index contributed by atoms with van der Waals surface area (Å²) in [6.45, 7) is 2.08. The maximum absolute atomic E-state index is 11.0. The van der Waals surface area contributed by atoms with Crippen LogP contribution in [0.15, 0.2) is 30.3 Å². The van der Waals surface area contributed by atoms with Crippen LogP contribution in [0.25, 0.3) is 0 Å². The third-order valence-corrected chi connectivity index (χ3v) is 4.05. The summed E-state index contributed by atoms with van der Waals surface area (Å²) in [5.74, 6) is 0.484. The molecule has 2 N–H and O–H groups in total. The van der Waals surface area contributed by atoms with E-state index in [1.807, 2.05) is 18.2 Å². The molecule has 1 aromatic rings. The summed E-state index contributed by atoms with van der Waals surface area (Å²) in [7, 11) is -2.87. The van der Waals surface area contributed by atoms with Gasteiger partial charge >= 0.3 is 0 Å². The SMILES string of the molecule is CC(c1ccccc1)C(N)CCCS(C)(=O)=O. The Hall–Kier alpha value is -0.870. The molecular formula is C13H21NO2S. The number of rotatable bonds is 6. The fourth-order valence-electron chi connectivity index (χ4n) is 1.84. The van der Waals surface area contributed by atoms with Gasteiger partial charge in [-0.2, -0.15) is 0 Å². The molecule has 1 rings (SSSR count). The minimum Gasteiger partial charge on any atom is -0.327 e. The van der Waals surface area contributed by atoms with Crippen molar-refractivity contribution in [3.8, 4) is 0 Å². The maximum Gasteiger partial charge on any atom is 0.147 e. The molecule has 0 aromatic heterocycles. The van der Waals surface area contributed by atoms with Gasteiger partial charge in [0.15, 0.2) is 0 Å². The lowest BCUT2D eigenvalue weighted by Crippen LogP contribution is -2.27. The van der Waals surface area contributed by atoms with Gasteiger partial charge in [0.1, 0.15) is 9.84 Å². The molecule has 0 radical (unpaired) electrons. The topological polar surface area (TPSA) is 60.2 Å². The smallest absolute Gasteiger partial charge is 0.147 e. The van der Waals surface area contributed by atoms with Gasteiger partial charge in [0, 0.05) is 18.1 Å². The van der Waals surface area contributed by atoms with Crippen LogP contribution >= 0.6 is 0 Å². The van der Waals surface area contributed by atoms with Crippen LogP contribution in [0.1, 0.15) is 31.2 Å². The van der Waals surface area contributed by atoms with Crippen LogP contribution in [0.5, 0.6) is 0 Å². The van der Waals surface area contributed by atoms with Gasteiger partial charge in [-0.25, -0.2) is 8.42 Å². The summed E-state index contributed by atoms with van der Waals surface area (Å²) in [5, 5.41) is 0. The number of hydrogen-bond acceptors (Lipinski definition) is 3. The lowest BCUT2D eigenvalue weighted by molar-refractivity contribution is 0.519. The molecule has 0 amide bonds. The second-order valence-corrected chi connectivity index (χ2v) is 6.90. The molecule has 2 unspecified atom stereocenters. The molecule has 0 fully saturated rings. The zero-order chi connectivity index (χ0) is 12.9. The van der Waals surface area contributed by atoms with E-state index in [2.05, 4.69) is 19.1 Å². The lowest BCUT2D eigenvalue weighted by atomic mass is 9.91. The van der Waals surface area contributed by atoms with Crippen LogP contribution in [0.3, 0.4) is 0 Å². The third kappa shape index (κ3) is 5.33. The Labute approximate surface area is 104 Å². The van der Waals surface area contributed by atoms with Gasteiger partial charge in [-0.3, -0.25) is 0 Å². The number of sulfone groups is 1. The van der Waals surface area contributed by atoms with Crippen molar-refractivity contribution in [2.24, 2.45) is 5.73 Å². The minimum atomic E-state index is -2.87. The van der Waals surface area contributed by atoms with E-state index in [1.165, 1.54) is 11.8 Å². The molecule has 0 heterocycles. The van der Waals surface area contributed by atoms with Crippen LogP contribution in [0.4, 0.5) is 0 Å². The van der Waals surface area contributed by atoms with Gasteiger partial charge in [-0.1, -0.05) is 37.3 Å². The highest BCUT2D eigenvalue weighted by molar-refractivity contribution is 7.90. The van der Waals surface area contributed by atoms with Crippen LogP contribution in [-0.4, -0.2) is 26.5 Å². The second-order valence-electron chi connectivity index (χ2n) is 4.64. The van der Waals surface area contributed by atoms with E-state index >= 15 is 0 Å². The van der Waals surface area contributed by atoms with E-state index in [0.29, 0.717) is 6.42 Å². The van der Waals surface area contributed by atoms with Gasteiger partial charge in [-0.05, 0) is 24.3 Å². The predicted molar refractivity (Wildman–Crippen MR) is 71.8 cm³/mol. The molecule has 0 saturated heterocycles. The average molecular weight is 255 g/mol. The zero-order valence-corrected chi connectivity index (χ0v) is 11.3. The highest BCUT2D eigenvalue weighted by Crippen LogP contribution is 2.20. The summed E-state index contributed by atoms with van der Waals surface area (Å²) >= 11 is 0. The fraction of sp³-hybridized carbons (Fsp3) is 0.538. The molecule has 0 aliphatic heterocycles. The van der Waals surface area contributed by atoms with Crippen LogP contribution < -0.4 is 5.73 Å². The zero-order valence-electron chi connectivity index (χ0n) is 10.5. The first-order valence-electron chi connectivity index (χ1n) is 5.88. The largest absolute Gasteiger partial charge is 0.327 e. The van der Waals surface area contributed by atoms with Crippen molar-refractivity contribution >= 4 is 9.84 Å². The quantitative estimate of drug-likeness (QED) is 0.845. The summed E-state index contributed by atoms with van der Waals surface area (Å²) < 4.78 is 22.0. The van der Waals surface area contributed by atoms with Crippen LogP contribution in [0.2, 0.25) is 0 Å². The van der Waals surface area contributed by atoms with Crippen LogP contribution in [0, 0.1) is 0 Å². The Balaban J connectivity index is 2.45. The maximum atomic E-state index is 11.0. The molecular weight excluding hydrogens is 234 g/mol. The Kier molecular flexibility index (Phi) is 5.15. The monoisotopic (exact) mass is 255 g/mol. The van der Waals surface area contributed by atoms with E-state index in [-0.39, 0.29) is 17.7 Å². The molecule has 0 saturated carbocycles. The molecule has 4 heteroatoms. The van der Waals surface area contributed by atoms with Gasteiger partial charge in [-0.15, -0.1) is 0 Å². The van der Waals surface area contributed by atoms with Gasteiger partial charge in [0.25, 0.3) is 0 Å². The van der Waals surface area contributed by atoms with Crippen molar-refractivity contribution in [3.05, 3.63) is 35.9 Å². The highest BCUT2D eigenvalue weighted by atomic mass is 32.2. The Morgan fingerprint density at radius 1 is 1.24 bits per heavy atom. The highest BCUT2D eigenvalue weighted by Gasteiger charge is 2.15. The van der Waals surface area contributed by atoms with Crippen LogP contribution in [-0.2, 0) is 9.84 Å². The first-order valence-corrected chi connectivity index (χ1v) is 7.94. The second kappa shape index (κ2) is 6.17. The third-order valence-electron chi connectivity index (χ3n) is 3.02. The molecule has 0 aliphatic rings. The molecule has 0 aliphatic carbocycles. The Morgan fingerprint density at radius 3 is 2.35 bits per heavy atom. The van der Waals surface area contributed by atoms with Crippen molar-refractivity contribution in [1.29, 1.82) is 0 Å². The van der Waals surface area contributed by atoms with Gasteiger partial charge < -0.3 is 5.73 Å². The summed E-state index contributed by atoms with van der Waals surface area (Å²) in [6, 6.07) is 10.1. The first-order chi connectivity index (χ1) is 7.90. The molecule has 2 atom stereocenters. The van der Waals surface area contributed by atoms with E-state index in [0.717, 1.165) is 6.42 Å². The number of benzene rings is 1. The van der Waals surface area contributed by atoms with E-state index in [4.69, 9.17) is 5.73 Å². The van der Waals surface area contributed by atoms with Gasteiger partial charge in [0.2, 0.25) is 0 Å². The van der Waals surface area contributed by atoms with Gasteiger partial charge in [0.05, 0.1) is 0 Å². The Bertz CT molecular complexity index is 428. The summed E-state index contributed by atoms with van der Waals surface area (Å²) in [4.78, 5) is 0. The normalized spacial score (nSPS) is 15.5. The number of nitrogens with two attached hydrogens (primary N) is 1. The van der Waals surface area contributed by atoms with E-state index in [9.17, 15) is 8.42 Å². The van der Waals surface area contributed by atoms with Crippen molar-refractivity contribution in [1.82, 2.24) is 0 Å². The Morgan fingerprint density at radius 2 is 1.82 bits per heavy atom. The van der Waals surface area contributed by atoms with Crippen molar-refractivity contribution in [2.75, 3.05) is 12.0 Å². The summed E-state index contributed by atoms with van der Waals surface area (Å²) in [6.07, 6.45) is 2.64. The average Bonchev–Trinajstić information content (AvgIpc) is 2.27. The molecule has 1 aromatic carbocycles. The molecule has 3 nitrogen and oxygen atoms in total.